The molecule has 1 aliphatic rings. The molecule has 1 atom stereocenters. The van der Waals surface area contributed by atoms with Crippen molar-refractivity contribution in [2.24, 2.45) is 0 Å². The largest absolute Gasteiger partial charge is 0.375 e. The van der Waals surface area contributed by atoms with Crippen LogP contribution >= 0.6 is 0 Å². The van der Waals surface area contributed by atoms with Crippen LogP contribution in [0.2, 0.25) is 0 Å². The second-order valence-electron chi connectivity index (χ2n) is 8.80. The van der Waals surface area contributed by atoms with E-state index in [2.05, 4.69) is 22.0 Å². The van der Waals surface area contributed by atoms with Gasteiger partial charge in [-0.2, -0.15) is 0 Å². The number of benzene rings is 3. The third kappa shape index (κ3) is 4.33. The van der Waals surface area contributed by atoms with E-state index >= 15 is 0 Å². The predicted molar refractivity (Wildman–Crippen MR) is 131 cm³/mol. The maximum absolute atomic E-state index is 14.2. The lowest BCUT2D eigenvalue weighted by molar-refractivity contribution is 0.108. The lowest BCUT2D eigenvalue weighted by atomic mass is 10.0. The summed E-state index contributed by atoms with van der Waals surface area (Å²) in [6.45, 7) is 3.87. The Hall–Kier alpha value is -3.51. The number of fused-ring (bicyclic) bond motifs is 1. The number of ether oxygens (including phenoxy) is 1. The molecule has 1 aromatic heterocycles. The van der Waals surface area contributed by atoms with Crippen LogP contribution in [0.25, 0.3) is 22.2 Å². The van der Waals surface area contributed by atoms with Gasteiger partial charge in [0.25, 0.3) is 0 Å². The fourth-order valence-electron chi connectivity index (χ4n) is 4.78. The second-order valence-corrected chi connectivity index (χ2v) is 8.80. The van der Waals surface area contributed by atoms with Gasteiger partial charge >= 0.3 is 0 Å². The van der Waals surface area contributed by atoms with Crippen molar-refractivity contribution in [1.82, 2.24) is 4.98 Å². The Morgan fingerprint density at radius 2 is 1.82 bits per heavy atom. The summed E-state index contributed by atoms with van der Waals surface area (Å²) in [5.41, 5.74) is 3.74. The van der Waals surface area contributed by atoms with Crippen molar-refractivity contribution in [1.29, 1.82) is 0 Å². The highest BCUT2D eigenvalue weighted by molar-refractivity contribution is 5.84. The lowest BCUT2D eigenvalue weighted by Gasteiger charge is -2.27. The van der Waals surface area contributed by atoms with E-state index in [9.17, 15) is 13.6 Å². The molecule has 3 aromatic carbocycles. The van der Waals surface area contributed by atoms with Crippen LogP contribution in [0.4, 0.5) is 14.5 Å². The van der Waals surface area contributed by atoms with Crippen molar-refractivity contribution in [2.75, 3.05) is 18.1 Å². The minimum absolute atomic E-state index is 0.116. The van der Waals surface area contributed by atoms with E-state index < -0.39 is 17.1 Å². The van der Waals surface area contributed by atoms with Crippen LogP contribution in [-0.4, -0.2) is 24.2 Å². The van der Waals surface area contributed by atoms with E-state index in [1.165, 1.54) is 0 Å². The van der Waals surface area contributed by atoms with Crippen LogP contribution < -0.4 is 10.3 Å². The van der Waals surface area contributed by atoms with Gasteiger partial charge in [-0.3, -0.25) is 4.79 Å². The van der Waals surface area contributed by atoms with Gasteiger partial charge in [0.05, 0.1) is 35.9 Å². The maximum atomic E-state index is 14.2. The van der Waals surface area contributed by atoms with Crippen molar-refractivity contribution in [3.63, 3.8) is 0 Å². The van der Waals surface area contributed by atoms with E-state index in [0.29, 0.717) is 30.5 Å². The van der Waals surface area contributed by atoms with Crippen LogP contribution in [0, 0.1) is 18.6 Å². The molecule has 5 rings (SSSR count). The highest BCUT2D eigenvalue weighted by atomic mass is 19.1. The van der Waals surface area contributed by atoms with Crippen LogP contribution in [-0.2, 0) is 11.3 Å². The number of nitrogens with zero attached hydrogens (tertiary/aromatic N) is 1. The minimum atomic E-state index is -0.851. The van der Waals surface area contributed by atoms with Gasteiger partial charge in [0, 0.05) is 23.9 Å². The molecule has 0 saturated carbocycles. The standard InChI is InChI=1S/C28H26F2N2O2/c1-18-27(31-25-15-21(29)14-24(30)26(25)28(18)33)20-9-11-22(12-10-20)32-13-5-8-23(32)17-34-16-19-6-3-2-4-7-19/h2-4,6-7,9-12,14-15,23H,5,8,13,16-17H2,1H3,(H,31,33)/t23-/m0/s1. The van der Waals surface area contributed by atoms with E-state index in [1.807, 2.05) is 42.5 Å². The van der Waals surface area contributed by atoms with Crippen molar-refractivity contribution < 1.29 is 13.5 Å². The maximum Gasteiger partial charge on any atom is 0.195 e. The molecule has 4 nitrogen and oxygen atoms in total. The molecule has 1 fully saturated rings. The molecule has 0 bridgehead atoms. The fourth-order valence-corrected chi connectivity index (χ4v) is 4.78. The first kappa shape index (κ1) is 22.3. The number of H-pyrrole nitrogens is 1. The lowest BCUT2D eigenvalue weighted by Crippen LogP contribution is -2.33. The quantitative estimate of drug-likeness (QED) is 0.386. The third-order valence-corrected chi connectivity index (χ3v) is 6.54. The monoisotopic (exact) mass is 460 g/mol. The summed E-state index contributed by atoms with van der Waals surface area (Å²) in [4.78, 5) is 18.2. The molecule has 0 amide bonds. The molecule has 0 unspecified atom stereocenters. The van der Waals surface area contributed by atoms with Crippen LogP contribution in [0.5, 0.6) is 0 Å². The molecule has 0 radical (unpaired) electrons. The van der Waals surface area contributed by atoms with Gasteiger partial charge in [-0.15, -0.1) is 0 Å². The number of hydrogen-bond acceptors (Lipinski definition) is 3. The van der Waals surface area contributed by atoms with Gasteiger partial charge in [0.2, 0.25) is 0 Å². The number of pyridine rings is 1. The van der Waals surface area contributed by atoms with Gasteiger partial charge in [0.15, 0.2) is 5.43 Å². The number of halogens is 2. The summed E-state index contributed by atoms with van der Waals surface area (Å²) in [6, 6.07) is 20.3. The molecule has 4 aromatic rings. The summed E-state index contributed by atoms with van der Waals surface area (Å²) in [6.07, 6.45) is 2.18. The molecule has 2 heterocycles. The SMILES string of the molecule is Cc1c(-c2ccc(N3CCC[C@H]3COCc3ccccc3)cc2)[nH]c2cc(F)cc(F)c2c1=O. The first-order chi connectivity index (χ1) is 16.5. The summed E-state index contributed by atoms with van der Waals surface area (Å²) in [5.74, 6) is -1.57. The molecule has 1 aliphatic heterocycles. The Morgan fingerprint density at radius 3 is 2.59 bits per heavy atom. The predicted octanol–water partition coefficient (Wildman–Crippen LogP) is 5.97. The molecule has 1 N–H and O–H groups in total. The zero-order valence-corrected chi connectivity index (χ0v) is 19.0. The highest BCUT2D eigenvalue weighted by Crippen LogP contribution is 2.30. The van der Waals surface area contributed by atoms with Crippen LogP contribution in [0.3, 0.4) is 0 Å². The van der Waals surface area contributed by atoms with Gasteiger partial charge in [-0.1, -0.05) is 42.5 Å². The van der Waals surface area contributed by atoms with Crippen molar-refractivity contribution >= 4 is 16.6 Å². The molecule has 1 saturated heterocycles. The summed E-state index contributed by atoms with van der Waals surface area (Å²) < 4.78 is 33.9. The molecule has 0 spiro atoms. The normalized spacial score (nSPS) is 15.9. The Kier molecular flexibility index (Phi) is 6.16. The van der Waals surface area contributed by atoms with Crippen molar-refractivity contribution in [3.05, 3.63) is 99.7 Å². The Balaban J connectivity index is 1.36. The van der Waals surface area contributed by atoms with Gasteiger partial charge in [0.1, 0.15) is 11.6 Å². The topological polar surface area (TPSA) is 45.3 Å². The Morgan fingerprint density at radius 1 is 1.06 bits per heavy atom. The molecule has 174 valence electrons. The molecule has 0 aliphatic carbocycles. The Labute approximate surface area is 196 Å². The number of rotatable bonds is 6. The second kappa shape index (κ2) is 9.39. The molecular formula is C28H26F2N2O2. The minimum Gasteiger partial charge on any atom is -0.375 e. The zero-order valence-electron chi connectivity index (χ0n) is 19.0. The first-order valence-electron chi connectivity index (χ1n) is 11.5. The molecule has 6 heteroatoms. The third-order valence-electron chi connectivity index (χ3n) is 6.54. The van der Waals surface area contributed by atoms with Crippen LogP contribution in [0.15, 0.2) is 71.5 Å². The van der Waals surface area contributed by atoms with Gasteiger partial charge in [-0.25, -0.2) is 8.78 Å². The van der Waals surface area contributed by atoms with E-state index in [-0.39, 0.29) is 10.9 Å². The molecular weight excluding hydrogens is 434 g/mol. The molecule has 34 heavy (non-hydrogen) atoms. The number of nitrogens with one attached hydrogen (secondary N) is 1. The van der Waals surface area contributed by atoms with Gasteiger partial charge in [-0.05, 0) is 49.1 Å². The fraction of sp³-hybridized carbons (Fsp3) is 0.250. The van der Waals surface area contributed by atoms with E-state index in [0.717, 1.165) is 48.3 Å². The van der Waals surface area contributed by atoms with Gasteiger partial charge < -0.3 is 14.6 Å². The average Bonchev–Trinajstić information content (AvgIpc) is 3.30. The van der Waals surface area contributed by atoms with Crippen molar-refractivity contribution in [3.8, 4) is 11.3 Å². The summed E-state index contributed by atoms with van der Waals surface area (Å²) in [5, 5.41) is -0.116. The Bertz CT molecular complexity index is 1370. The zero-order chi connectivity index (χ0) is 23.7. The van der Waals surface area contributed by atoms with Crippen LogP contribution in [0.1, 0.15) is 24.0 Å². The summed E-state index contributed by atoms with van der Waals surface area (Å²) in [7, 11) is 0. The van der Waals surface area contributed by atoms with E-state index in [4.69, 9.17) is 4.74 Å². The number of aromatic nitrogens is 1. The number of anilines is 1. The highest BCUT2D eigenvalue weighted by Gasteiger charge is 2.25. The number of hydrogen-bond donors (Lipinski definition) is 1. The average molecular weight is 461 g/mol. The smallest absolute Gasteiger partial charge is 0.195 e. The van der Waals surface area contributed by atoms with E-state index in [1.54, 1.807) is 6.92 Å². The summed E-state index contributed by atoms with van der Waals surface area (Å²) >= 11 is 0. The number of aromatic amines is 1. The first-order valence-corrected chi connectivity index (χ1v) is 11.5. The van der Waals surface area contributed by atoms with Crippen molar-refractivity contribution in [2.45, 2.75) is 32.4 Å².